The molecule has 0 saturated heterocycles. The number of hydrogen-bond acceptors (Lipinski definition) is 4. The first-order valence-electron chi connectivity index (χ1n) is 6.69. The third kappa shape index (κ3) is 4.76. The summed E-state index contributed by atoms with van der Waals surface area (Å²) in [4.78, 5) is 15.5. The largest absolute Gasteiger partial charge is 0.490 e. The molecule has 2 aromatic rings. The van der Waals surface area contributed by atoms with E-state index >= 15 is 0 Å². The summed E-state index contributed by atoms with van der Waals surface area (Å²) < 4.78 is 10.6. The third-order valence-corrected chi connectivity index (χ3v) is 3.08. The van der Waals surface area contributed by atoms with Gasteiger partial charge in [-0.05, 0) is 36.2 Å². The molecule has 0 spiro atoms. The van der Waals surface area contributed by atoms with Crippen LogP contribution in [0.1, 0.15) is 22.8 Å². The van der Waals surface area contributed by atoms with Gasteiger partial charge < -0.3 is 9.47 Å². The molecule has 0 aliphatic carbocycles. The lowest BCUT2D eigenvalue weighted by atomic mass is 10.2. The van der Waals surface area contributed by atoms with E-state index in [1.807, 2.05) is 24.3 Å². The fourth-order valence-corrected chi connectivity index (χ4v) is 1.84. The van der Waals surface area contributed by atoms with Crippen molar-refractivity contribution in [1.82, 2.24) is 4.98 Å². The highest BCUT2D eigenvalue weighted by Gasteiger charge is 2.07. The van der Waals surface area contributed by atoms with Gasteiger partial charge in [0.15, 0.2) is 0 Å². The van der Waals surface area contributed by atoms with Gasteiger partial charge in [0.05, 0.1) is 5.56 Å². The number of carbonyl (C=O) groups excluding carboxylic acids is 1. The van der Waals surface area contributed by atoms with Crippen LogP contribution in [0.15, 0.2) is 42.6 Å². The van der Waals surface area contributed by atoms with Crippen molar-refractivity contribution in [2.75, 3.05) is 13.2 Å². The van der Waals surface area contributed by atoms with Crippen molar-refractivity contribution in [2.45, 2.75) is 13.3 Å². The van der Waals surface area contributed by atoms with Crippen molar-refractivity contribution in [3.05, 3.63) is 58.9 Å². The van der Waals surface area contributed by atoms with Crippen molar-refractivity contribution in [1.29, 1.82) is 0 Å². The van der Waals surface area contributed by atoms with Crippen molar-refractivity contribution < 1.29 is 14.3 Å². The standard InChI is InChI=1S/C16H16ClNO3/c1-2-12-4-3-5-14(10-12)20-8-9-21-16(19)13-6-7-15(17)18-11-13/h3-7,10-11H,2,8-9H2,1H3. The summed E-state index contributed by atoms with van der Waals surface area (Å²) in [5, 5.41) is 0.339. The molecule has 1 aromatic carbocycles. The molecule has 1 heterocycles. The van der Waals surface area contributed by atoms with E-state index in [9.17, 15) is 4.79 Å². The quantitative estimate of drug-likeness (QED) is 0.465. The molecule has 0 unspecified atom stereocenters. The van der Waals surface area contributed by atoms with Gasteiger partial charge in [-0.3, -0.25) is 0 Å². The normalized spacial score (nSPS) is 10.2. The average molecular weight is 306 g/mol. The summed E-state index contributed by atoms with van der Waals surface area (Å²) in [5.74, 6) is 0.337. The molecule has 0 amide bonds. The van der Waals surface area contributed by atoms with Crippen LogP contribution in [0.5, 0.6) is 5.75 Å². The number of benzene rings is 1. The number of rotatable bonds is 6. The van der Waals surface area contributed by atoms with Gasteiger partial charge in [-0.1, -0.05) is 30.7 Å². The van der Waals surface area contributed by atoms with E-state index in [1.54, 1.807) is 12.1 Å². The highest BCUT2D eigenvalue weighted by Crippen LogP contribution is 2.13. The van der Waals surface area contributed by atoms with Gasteiger partial charge in [-0.2, -0.15) is 0 Å². The number of halogens is 1. The topological polar surface area (TPSA) is 48.4 Å². The number of nitrogens with zero attached hydrogens (tertiary/aromatic N) is 1. The summed E-state index contributed by atoms with van der Waals surface area (Å²) in [5.41, 5.74) is 1.57. The van der Waals surface area contributed by atoms with Crippen LogP contribution in [0.3, 0.4) is 0 Å². The van der Waals surface area contributed by atoms with E-state index in [0.29, 0.717) is 17.3 Å². The number of pyridine rings is 1. The molecule has 21 heavy (non-hydrogen) atoms. The predicted octanol–water partition coefficient (Wildman–Crippen LogP) is 3.53. The van der Waals surface area contributed by atoms with Crippen LogP contribution >= 0.6 is 11.6 Å². The lowest BCUT2D eigenvalue weighted by Crippen LogP contribution is -2.12. The molecule has 0 bridgehead atoms. The lowest BCUT2D eigenvalue weighted by molar-refractivity contribution is 0.0450. The van der Waals surface area contributed by atoms with Crippen LogP contribution in [-0.4, -0.2) is 24.2 Å². The first kappa shape index (κ1) is 15.3. The second-order valence-electron chi connectivity index (χ2n) is 4.35. The maximum Gasteiger partial charge on any atom is 0.339 e. The van der Waals surface area contributed by atoms with E-state index in [-0.39, 0.29) is 6.61 Å². The summed E-state index contributed by atoms with van der Waals surface area (Å²) in [7, 11) is 0. The second kappa shape index (κ2) is 7.64. The molecule has 2 rings (SSSR count). The summed E-state index contributed by atoms with van der Waals surface area (Å²) in [6.45, 7) is 2.57. The summed E-state index contributed by atoms with van der Waals surface area (Å²) in [6, 6.07) is 11.0. The molecule has 0 atom stereocenters. The van der Waals surface area contributed by atoms with Gasteiger partial charge in [0.25, 0.3) is 0 Å². The Kier molecular flexibility index (Phi) is 5.58. The van der Waals surface area contributed by atoms with Crippen molar-refractivity contribution in [3.8, 4) is 5.75 Å². The minimum atomic E-state index is -0.440. The van der Waals surface area contributed by atoms with Gasteiger partial charge in [0.1, 0.15) is 24.1 Å². The van der Waals surface area contributed by atoms with Crippen molar-refractivity contribution in [2.24, 2.45) is 0 Å². The minimum absolute atomic E-state index is 0.178. The SMILES string of the molecule is CCc1cccc(OCCOC(=O)c2ccc(Cl)nc2)c1. The molecule has 110 valence electrons. The van der Waals surface area contributed by atoms with Gasteiger partial charge >= 0.3 is 5.97 Å². The number of ether oxygens (including phenoxy) is 2. The van der Waals surface area contributed by atoms with Gasteiger partial charge in [-0.25, -0.2) is 9.78 Å². The van der Waals surface area contributed by atoms with Crippen LogP contribution in [0.4, 0.5) is 0 Å². The smallest absolute Gasteiger partial charge is 0.339 e. The monoisotopic (exact) mass is 305 g/mol. The Morgan fingerprint density at radius 2 is 2.10 bits per heavy atom. The number of aryl methyl sites for hydroxylation is 1. The first-order valence-corrected chi connectivity index (χ1v) is 7.07. The van der Waals surface area contributed by atoms with E-state index in [0.717, 1.165) is 12.2 Å². The Morgan fingerprint density at radius 3 is 2.81 bits per heavy atom. The first-order chi connectivity index (χ1) is 10.2. The van der Waals surface area contributed by atoms with Crippen LogP contribution in [0.2, 0.25) is 5.15 Å². The summed E-state index contributed by atoms with van der Waals surface area (Å²) in [6.07, 6.45) is 2.34. The second-order valence-corrected chi connectivity index (χ2v) is 4.74. The Morgan fingerprint density at radius 1 is 1.24 bits per heavy atom. The van der Waals surface area contributed by atoms with E-state index in [2.05, 4.69) is 11.9 Å². The molecule has 0 fully saturated rings. The summed E-state index contributed by atoms with van der Waals surface area (Å²) >= 11 is 5.65. The molecule has 0 radical (unpaired) electrons. The van der Waals surface area contributed by atoms with Crippen molar-refractivity contribution in [3.63, 3.8) is 0 Å². The van der Waals surface area contributed by atoms with Gasteiger partial charge in [0, 0.05) is 6.20 Å². The fourth-order valence-electron chi connectivity index (χ4n) is 1.73. The van der Waals surface area contributed by atoms with Crippen LogP contribution < -0.4 is 4.74 Å². The Hall–Kier alpha value is -2.07. The fraction of sp³-hybridized carbons (Fsp3) is 0.250. The number of hydrogen-bond donors (Lipinski definition) is 0. The van der Waals surface area contributed by atoms with E-state index in [1.165, 1.54) is 11.8 Å². The van der Waals surface area contributed by atoms with Crippen LogP contribution in [0, 0.1) is 0 Å². The molecular formula is C16H16ClNO3. The molecule has 4 nitrogen and oxygen atoms in total. The zero-order valence-electron chi connectivity index (χ0n) is 11.7. The molecular weight excluding hydrogens is 290 g/mol. The number of carbonyl (C=O) groups is 1. The maximum atomic E-state index is 11.7. The zero-order chi connectivity index (χ0) is 15.1. The van der Waals surface area contributed by atoms with E-state index in [4.69, 9.17) is 21.1 Å². The molecule has 0 N–H and O–H groups in total. The maximum absolute atomic E-state index is 11.7. The highest BCUT2D eigenvalue weighted by molar-refractivity contribution is 6.29. The Balaban J connectivity index is 1.76. The van der Waals surface area contributed by atoms with E-state index < -0.39 is 5.97 Å². The molecule has 0 aliphatic heterocycles. The molecule has 1 aromatic heterocycles. The minimum Gasteiger partial charge on any atom is -0.490 e. The molecule has 0 aliphatic rings. The van der Waals surface area contributed by atoms with Gasteiger partial charge in [-0.15, -0.1) is 0 Å². The van der Waals surface area contributed by atoms with Crippen molar-refractivity contribution >= 4 is 17.6 Å². The number of aromatic nitrogens is 1. The Labute approximate surface area is 128 Å². The third-order valence-electron chi connectivity index (χ3n) is 2.86. The number of esters is 1. The van der Waals surface area contributed by atoms with Gasteiger partial charge in [0.2, 0.25) is 0 Å². The Bertz CT molecular complexity index is 599. The highest BCUT2D eigenvalue weighted by atomic mass is 35.5. The molecule has 0 saturated carbocycles. The molecule has 5 heteroatoms. The zero-order valence-corrected chi connectivity index (χ0v) is 12.5. The van der Waals surface area contributed by atoms with Crippen LogP contribution in [0.25, 0.3) is 0 Å². The predicted molar refractivity (Wildman–Crippen MR) is 80.8 cm³/mol. The average Bonchev–Trinajstić information content (AvgIpc) is 2.52. The van der Waals surface area contributed by atoms with Crippen LogP contribution in [-0.2, 0) is 11.2 Å². The lowest BCUT2D eigenvalue weighted by Gasteiger charge is -2.08.